The number of aromatic nitrogens is 2. The molecule has 0 fully saturated rings. The van der Waals surface area contributed by atoms with Gasteiger partial charge in [0, 0.05) is 11.1 Å². The molecule has 1 heterocycles. The van der Waals surface area contributed by atoms with Gasteiger partial charge in [-0.25, -0.2) is 18.2 Å². The monoisotopic (exact) mass is 449 g/mol. The molecule has 3 rings (SSSR count). The summed E-state index contributed by atoms with van der Waals surface area (Å²) in [7, 11) is -2.49. The van der Waals surface area contributed by atoms with E-state index in [1.807, 2.05) is 0 Å². The maximum absolute atomic E-state index is 14.1. The zero-order valence-electron chi connectivity index (χ0n) is 16.6. The predicted octanol–water partition coefficient (Wildman–Crippen LogP) is 3.83. The van der Waals surface area contributed by atoms with Crippen LogP contribution in [-0.4, -0.2) is 25.3 Å². The molecule has 2 aromatic carbocycles. The van der Waals surface area contributed by atoms with E-state index < -0.39 is 28.4 Å². The van der Waals surface area contributed by atoms with Gasteiger partial charge in [-0.1, -0.05) is 24.1 Å². The summed E-state index contributed by atoms with van der Waals surface area (Å²) in [5, 5.41) is 9.22. The number of hydrogen-bond donors (Lipinski definition) is 1. The molecule has 10 heteroatoms. The van der Waals surface area contributed by atoms with Crippen LogP contribution in [0, 0.1) is 19.3 Å². The minimum absolute atomic E-state index is 0.00751. The van der Waals surface area contributed by atoms with E-state index in [1.54, 1.807) is 19.1 Å². The van der Waals surface area contributed by atoms with E-state index >= 15 is 0 Å². The number of benzene rings is 2. The van der Waals surface area contributed by atoms with Crippen molar-refractivity contribution < 1.29 is 26.3 Å². The van der Waals surface area contributed by atoms with E-state index in [0.29, 0.717) is 11.3 Å². The van der Waals surface area contributed by atoms with Crippen molar-refractivity contribution >= 4 is 10.0 Å². The van der Waals surface area contributed by atoms with Gasteiger partial charge in [-0.3, -0.25) is 0 Å². The highest BCUT2D eigenvalue weighted by Gasteiger charge is 2.40. The van der Waals surface area contributed by atoms with Gasteiger partial charge in [0.2, 0.25) is 10.0 Å². The topological polar surface area (TPSA) is 87.2 Å². The summed E-state index contributed by atoms with van der Waals surface area (Å²) in [6.45, 7) is 1.31. The molecule has 2 N–H and O–H groups in total. The highest BCUT2D eigenvalue weighted by atomic mass is 32.2. The summed E-state index contributed by atoms with van der Waals surface area (Å²) in [5.41, 5.74) is 0.00965. The third-order valence-corrected chi connectivity index (χ3v) is 5.53. The summed E-state index contributed by atoms with van der Waals surface area (Å²) >= 11 is 0. The standard InChI is InChI=1S/C21H18F3N3O3S/c1-4-11-27-20(21(22,23)24)18(15-7-10-17(30-3)13(2)12-15)19(26-27)14-5-8-16(9-6-14)31(25,28)29/h1,5-10,12H,11H2,2-3H3,(H2,25,28,29). The van der Waals surface area contributed by atoms with Gasteiger partial charge in [0.15, 0.2) is 5.69 Å². The van der Waals surface area contributed by atoms with E-state index in [9.17, 15) is 21.6 Å². The minimum Gasteiger partial charge on any atom is -0.496 e. The number of primary sulfonamides is 1. The summed E-state index contributed by atoms with van der Waals surface area (Å²) in [6, 6.07) is 9.75. The molecule has 1 aromatic heterocycles. The van der Waals surface area contributed by atoms with E-state index in [0.717, 1.165) is 4.68 Å². The quantitative estimate of drug-likeness (QED) is 0.600. The van der Waals surface area contributed by atoms with Gasteiger partial charge < -0.3 is 4.74 Å². The molecule has 0 aliphatic carbocycles. The highest BCUT2D eigenvalue weighted by Crippen LogP contribution is 2.43. The first-order chi connectivity index (χ1) is 14.5. The van der Waals surface area contributed by atoms with Crippen molar-refractivity contribution in [1.82, 2.24) is 9.78 Å². The second-order valence-electron chi connectivity index (χ2n) is 6.69. The van der Waals surface area contributed by atoms with Gasteiger partial charge in [-0.05, 0) is 42.3 Å². The van der Waals surface area contributed by atoms with Crippen LogP contribution in [0.4, 0.5) is 13.2 Å². The van der Waals surface area contributed by atoms with Gasteiger partial charge in [0.25, 0.3) is 0 Å². The van der Waals surface area contributed by atoms with Crippen molar-refractivity contribution in [3.05, 3.63) is 53.7 Å². The Morgan fingerprint density at radius 1 is 1.16 bits per heavy atom. The summed E-state index contributed by atoms with van der Waals surface area (Å²) in [6.07, 6.45) is 0.520. The van der Waals surface area contributed by atoms with Crippen LogP contribution >= 0.6 is 0 Å². The highest BCUT2D eigenvalue weighted by molar-refractivity contribution is 7.89. The minimum atomic E-state index is -4.74. The van der Waals surface area contributed by atoms with Crippen molar-refractivity contribution in [3.8, 4) is 40.5 Å². The van der Waals surface area contributed by atoms with Crippen LogP contribution in [0.25, 0.3) is 22.4 Å². The summed E-state index contributed by atoms with van der Waals surface area (Å²) in [4.78, 5) is -0.169. The lowest BCUT2D eigenvalue weighted by atomic mass is 9.97. The number of hydrogen-bond acceptors (Lipinski definition) is 4. The molecule has 31 heavy (non-hydrogen) atoms. The first-order valence-electron chi connectivity index (χ1n) is 8.87. The molecule has 0 aliphatic heterocycles. The molecule has 6 nitrogen and oxygen atoms in total. The Labute approximate surface area is 177 Å². The lowest BCUT2D eigenvalue weighted by molar-refractivity contribution is -0.143. The number of nitrogens with two attached hydrogens (primary N) is 1. The van der Waals surface area contributed by atoms with Gasteiger partial charge in [-0.15, -0.1) is 6.42 Å². The number of rotatable bonds is 5. The molecule has 0 aliphatic rings. The Morgan fingerprint density at radius 2 is 1.77 bits per heavy atom. The van der Waals surface area contributed by atoms with E-state index in [4.69, 9.17) is 16.3 Å². The van der Waals surface area contributed by atoms with Gasteiger partial charge >= 0.3 is 6.18 Å². The lowest BCUT2D eigenvalue weighted by Crippen LogP contribution is -2.15. The Kier molecular flexibility index (Phi) is 5.85. The summed E-state index contributed by atoms with van der Waals surface area (Å²) < 4.78 is 71.1. The molecule has 0 radical (unpaired) electrons. The van der Waals surface area contributed by atoms with Crippen LogP contribution in [-0.2, 0) is 22.7 Å². The molecule has 0 spiro atoms. The van der Waals surface area contributed by atoms with E-state index in [1.165, 1.54) is 37.4 Å². The molecule has 3 aromatic rings. The fourth-order valence-electron chi connectivity index (χ4n) is 3.26. The number of alkyl halides is 3. The molecule has 0 saturated heterocycles. The molecule has 0 atom stereocenters. The second kappa shape index (κ2) is 8.09. The fraction of sp³-hybridized carbons (Fsp3) is 0.190. The zero-order valence-corrected chi connectivity index (χ0v) is 17.4. The average molecular weight is 449 g/mol. The third kappa shape index (κ3) is 4.42. The second-order valence-corrected chi connectivity index (χ2v) is 8.25. The zero-order chi connectivity index (χ0) is 23.0. The van der Waals surface area contributed by atoms with Crippen LogP contribution in [0.15, 0.2) is 47.4 Å². The normalized spacial score (nSPS) is 11.9. The molecule has 0 saturated carbocycles. The number of sulfonamides is 1. The first kappa shape index (κ1) is 22.4. The summed E-state index contributed by atoms with van der Waals surface area (Å²) in [5.74, 6) is 2.70. The van der Waals surface area contributed by atoms with Crippen LogP contribution in [0.1, 0.15) is 11.3 Å². The maximum Gasteiger partial charge on any atom is 0.433 e. The van der Waals surface area contributed by atoms with Crippen LogP contribution < -0.4 is 9.88 Å². The Morgan fingerprint density at radius 3 is 2.26 bits per heavy atom. The van der Waals surface area contributed by atoms with Crippen molar-refractivity contribution in [2.45, 2.75) is 24.5 Å². The van der Waals surface area contributed by atoms with Crippen molar-refractivity contribution in [3.63, 3.8) is 0 Å². The van der Waals surface area contributed by atoms with Crippen molar-refractivity contribution in [2.75, 3.05) is 7.11 Å². The predicted molar refractivity (Wildman–Crippen MR) is 110 cm³/mol. The van der Waals surface area contributed by atoms with Crippen LogP contribution in [0.2, 0.25) is 0 Å². The molecule has 162 valence electrons. The van der Waals surface area contributed by atoms with E-state index in [-0.39, 0.29) is 27.3 Å². The number of ether oxygens (including phenoxy) is 1. The van der Waals surface area contributed by atoms with Gasteiger partial charge in [0.1, 0.15) is 18.0 Å². The Balaban J connectivity index is 2.33. The SMILES string of the molecule is C#CCn1nc(-c2ccc(S(N)(=O)=O)cc2)c(-c2ccc(OC)c(C)c2)c1C(F)(F)F. The fourth-order valence-corrected chi connectivity index (χ4v) is 3.78. The third-order valence-electron chi connectivity index (χ3n) is 4.60. The van der Waals surface area contributed by atoms with Gasteiger partial charge in [0.05, 0.1) is 12.0 Å². The van der Waals surface area contributed by atoms with Crippen molar-refractivity contribution in [1.29, 1.82) is 0 Å². The van der Waals surface area contributed by atoms with Gasteiger partial charge in [-0.2, -0.15) is 18.3 Å². The van der Waals surface area contributed by atoms with E-state index in [2.05, 4.69) is 11.0 Å². The average Bonchev–Trinajstić information content (AvgIpc) is 3.07. The smallest absolute Gasteiger partial charge is 0.433 e. The van der Waals surface area contributed by atoms with Crippen LogP contribution in [0.3, 0.4) is 0 Å². The number of halogens is 3. The first-order valence-corrected chi connectivity index (χ1v) is 10.4. The largest absolute Gasteiger partial charge is 0.496 e. The Hall–Kier alpha value is -3.29. The molecule has 0 unspecified atom stereocenters. The molecule has 0 amide bonds. The maximum atomic E-state index is 14.1. The number of nitrogens with zero attached hydrogens (tertiary/aromatic N) is 2. The Bertz CT molecular complexity index is 1270. The molecule has 0 bridgehead atoms. The number of aryl methyl sites for hydroxylation is 1. The van der Waals surface area contributed by atoms with Crippen molar-refractivity contribution in [2.24, 2.45) is 5.14 Å². The molecular weight excluding hydrogens is 431 g/mol. The van der Waals surface area contributed by atoms with Crippen LogP contribution in [0.5, 0.6) is 5.75 Å². The lowest BCUT2D eigenvalue weighted by Gasteiger charge is -2.13. The number of terminal acetylenes is 1. The number of methoxy groups -OCH3 is 1. The molecular formula is C21H18F3N3O3S.